The van der Waals surface area contributed by atoms with Crippen LogP contribution in [0.4, 0.5) is 0 Å². The molecular weight excluding hydrogens is 330 g/mol. The van der Waals surface area contributed by atoms with E-state index >= 15 is 0 Å². The molecule has 26 heavy (non-hydrogen) atoms. The van der Waals surface area contributed by atoms with Gasteiger partial charge in [0.05, 0.1) is 0 Å². The van der Waals surface area contributed by atoms with E-state index in [-0.39, 0.29) is 24.1 Å². The van der Waals surface area contributed by atoms with Crippen molar-refractivity contribution in [1.82, 2.24) is 15.1 Å². The lowest BCUT2D eigenvalue weighted by atomic mass is 9.96. The Morgan fingerprint density at radius 2 is 1.50 bits per heavy atom. The summed E-state index contributed by atoms with van der Waals surface area (Å²) in [5, 5.41) is 2.79. The molecule has 1 heterocycles. The fourth-order valence-electron chi connectivity index (χ4n) is 2.74. The number of nitrogens with one attached hydrogen (secondary N) is 1. The second kappa shape index (κ2) is 8.34. The average Bonchev–Trinajstić information content (AvgIpc) is 2.61. The third-order valence-electron chi connectivity index (χ3n) is 4.52. The number of carbonyl (C=O) groups is 3. The first kappa shape index (κ1) is 19.9. The fourth-order valence-corrected chi connectivity index (χ4v) is 2.74. The molecule has 0 aliphatic carbocycles. The average molecular weight is 359 g/mol. The molecule has 1 saturated heterocycles. The molecule has 0 spiro atoms. The normalized spacial score (nSPS) is 14.9. The highest BCUT2D eigenvalue weighted by Crippen LogP contribution is 2.13. The molecule has 3 amide bonds. The van der Waals surface area contributed by atoms with Gasteiger partial charge in [0.15, 0.2) is 0 Å². The van der Waals surface area contributed by atoms with Gasteiger partial charge < -0.3 is 15.1 Å². The molecule has 1 aromatic carbocycles. The van der Waals surface area contributed by atoms with E-state index in [0.717, 1.165) is 5.56 Å². The molecule has 0 atom stereocenters. The third-order valence-corrected chi connectivity index (χ3v) is 4.52. The maximum Gasteiger partial charge on any atom is 0.253 e. The van der Waals surface area contributed by atoms with Gasteiger partial charge in [-0.3, -0.25) is 14.4 Å². The van der Waals surface area contributed by atoms with Crippen molar-refractivity contribution < 1.29 is 14.4 Å². The van der Waals surface area contributed by atoms with Gasteiger partial charge in [-0.1, -0.05) is 38.5 Å². The lowest BCUT2D eigenvalue weighted by molar-refractivity contribution is -0.133. The summed E-state index contributed by atoms with van der Waals surface area (Å²) >= 11 is 0. The van der Waals surface area contributed by atoms with E-state index in [0.29, 0.717) is 38.3 Å². The predicted molar refractivity (Wildman–Crippen MR) is 101 cm³/mol. The van der Waals surface area contributed by atoms with Gasteiger partial charge in [0.1, 0.15) is 0 Å². The van der Waals surface area contributed by atoms with Gasteiger partial charge in [-0.2, -0.15) is 0 Å². The van der Waals surface area contributed by atoms with Crippen molar-refractivity contribution in [3.05, 3.63) is 35.4 Å². The molecule has 142 valence electrons. The molecule has 0 unspecified atom stereocenters. The summed E-state index contributed by atoms with van der Waals surface area (Å²) in [7, 11) is 0. The van der Waals surface area contributed by atoms with Crippen LogP contribution in [0.25, 0.3) is 0 Å². The van der Waals surface area contributed by atoms with Crippen LogP contribution in [0.3, 0.4) is 0 Å². The van der Waals surface area contributed by atoms with Gasteiger partial charge >= 0.3 is 0 Å². The molecule has 1 fully saturated rings. The molecule has 6 nitrogen and oxygen atoms in total. The number of piperazine rings is 1. The van der Waals surface area contributed by atoms with Crippen molar-refractivity contribution in [1.29, 1.82) is 0 Å². The number of benzene rings is 1. The smallest absolute Gasteiger partial charge is 0.253 e. The number of hydrogen-bond acceptors (Lipinski definition) is 3. The van der Waals surface area contributed by atoms with Crippen molar-refractivity contribution in [3.63, 3.8) is 0 Å². The zero-order valence-electron chi connectivity index (χ0n) is 16.2. The van der Waals surface area contributed by atoms with E-state index in [1.807, 2.05) is 52.0 Å². The zero-order valence-corrected chi connectivity index (χ0v) is 16.2. The Labute approximate surface area is 155 Å². The standard InChI is InChI=1S/C20H29N3O3/c1-15-5-7-16(8-6-15)18(25)23-13-11-22(12-14-23)17(24)9-10-21-19(26)20(2,3)4/h5-8H,9-14H2,1-4H3,(H,21,26). The molecule has 1 aliphatic heterocycles. The lowest BCUT2D eigenvalue weighted by Gasteiger charge is -2.35. The highest BCUT2D eigenvalue weighted by molar-refractivity contribution is 5.94. The van der Waals surface area contributed by atoms with Crippen LogP contribution < -0.4 is 5.32 Å². The van der Waals surface area contributed by atoms with Gasteiger partial charge in [0, 0.05) is 50.1 Å². The van der Waals surface area contributed by atoms with E-state index in [1.165, 1.54) is 0 Å². The molecule has 1 aromatic rings. The summed E-state index contributed by atoms with van der Waals surface area (Å²) in [4.78, 5) is 40.2. The van der Waals surface area contributed by atoms with Crippen molar-refractivity contribution in [2.24, 2.45) is 5.41 Å². The number of aryl methyl sites for hydroxylation is 1. The Balaban J connectivity index is 1.77. The maximum absolute atomic E-state index is 12.5. The Morgan fingerprint density at radius 1 is 0.962 bits per heavy atom. The largest absolute Gasteiger partial charge is 0.355 e. The van der Waals surface area contributed by atoms with E-state index in [4.69, 9.17) is 0 Å². The van der Waals surface area contributed by atoms with Crippen LogP contribution in [-0.4, -0.2) is 60.2 Å². The van der Waals surface area contributed by atoms with Gasteiger partial charge in [-0.15, -0.1) is 0 Å². The monoisotopic (exact) mass is 359 g/mol. The highest BCUT2D eigenvalue weighted by Gasteiger charge is 2.25. The number of amides is 3. The van der Waals surface area contributed by atoms with Crippen molar-refractivity contribution in [2.75, 3.05) is 32.7 Å². The van der Waals surface area contributed by atoms with E-state index < -0.39 is 5.41 Å². The molecule has 0 radical (unpaired) electrons. The summed E-state index contributed by atoms with van der Waals surface area (Å²) in [5.74, 6) is -0.0324. The Morgan fingerprint density at radius 3 is 2.04 bits per heavy atom. The summed E-state index contributed by atoms with van der Waals surface area (Å²) in [6, 6.07) is 7.54. The summed E-state index contributed by atoms with van der Waals surface area (Å²) in [5.41, 5.74) is 1.35. The minimum absolute atomic E-state index is 0.00883. The molecular formula is C20H29N3O3. The van der Waals surface area contributed by atoms with E-state index in [2.05, 4.69) is 5.32 Å². The molecule has 0 saturated carbocycles. The lowest BCUT2D eigenvalue weighted by Crippen LogP contribution is -2.51. The van der Waals surface area contributed by atoms with Crippen molar-refractivity contribution >= 4 is 17.7 Å². The van der Waals surface area contributed by atoms with Crippen LogP contribution in [-0.2, 0) is 9.59 Å². The number of rotatable bonds is 4. The molecule has 2 rings (SSSR count). The number of hydrogen-bond donors (Lipinski definition) is 1. The van der Waals surface area contributed by atoms with Crippen LogP contribution in [0, 0.1) is 12.3 Å². The summed E-state index contributed by atoms with van der Waals surface area (Å²) < 4.78 is 0. The van der Waals surface area contributed by atoms with Crippen LogP contribution in [0.1, 0.15) is 43.1 Å². The van der Waals surface area contributed by atoms with E-state index in [9.17, 15) is 14.4 Å². The van der Waals surface area contributed by atoms with Gasteiger partial charge in [0.25, 0.3) is 5.91 Å². The van der Waals surface area contributed by atoms with E-state index in [1.54, 1.807) is 9.80 Å². The summed E-state index contributed by atoms with van der Waals surface area (Å²) in [6.45, 7) is 9.99. The fraction of sp³-hybridized carbons (Fsp3) is 0.550. The molecule has 0 aromatic heterocycles. The van der Waals surface area contributed by atoms with Crippen LogP contribution in [0.5, 0.6) is 0 Å². The van der Waals surface area contributed by atoms with Crippen LogP contribution in [0.2, 0.25) is 0 Å². The molecule has 1 N–H and O–H groups in total. The zero-order chi connectivity index (χ0) is 19.3. The van der Waals surface area contributed by atoms with Crippen molar-refractivity contribution in [2.45, 2.75) is 34.1 Å². The SMILES string of the molecule is Cc1ccc(C(=O)N2CCN(C(=O)CCNC(=O)C(C)(C)C)CC2)cc1. The van der Waals surface area contributed by atoms with Gasteiger partial charge in [-0.25, -0.2) is 0 Å². The Hall–Kier alpha value is -2.37. The van der Waals surface area contributed by atoms with Crippen LogP contribution >= 0.6 is 0 Å². The topological polar surface area (TPSA) is 69.7 Å². The number of carbonyl (C=O) groups excluding carboxylic acids is 3. The molecule has 6 heteroatoms. The Bertz CT molecular complexity index is 654. The second-order valence-corrected chi connectivity index (χ2v) is 7.79. The third kappa shape index (κ3) is 5.31. The first-order valence-corrected chi connectivity index (χ1v) is 9.10. The quantitative estimate of drug-likeness (QED) is 0.892. The minimum Gasteiger partial charge on any atom is -0.355 e. The highest BCUT2D eigenvalue weighted by atomic mass is 16.2. The molecule has 1 aliphatic rings. The minimum atomic E-state index is -0.453. The summed E-state index contributed by atoms with van der Waals surface area (Å²) in [6.07, 6.45) is 0.285. The maximum atomic E-state index is 12.5. The first-order chi connectivity index (χ1) is 12.2. The number of nitrogens with zero attached hydrogens (tertiary/aromatic N) is 2. The van der Waals surface area contributed by atoms with Gasteiger partial charge in [-0.05, 0) is 19.1 Å². The molecule has 0 bridgehead atoms. The Kier molecular flexibility index (Phi) is 6.40. The van der Waals surface area contributed by atoms with Gasteiger partial charge in [0.2, 0.25) is 11.8 Å². The van der Waals surface area contributed by atoms with Crippen molar-refractivity contribution in [3.8, 4) is 0 Å². The van der Waals surface area contributed by atoms with Crippen LogP contribution in [0.15, 0.2) is 24.3 Å². The second-order valence-electron chi connectivity index (χ2n) is 7.79. The first-order valence-electron chi connectivity index (χ1n) is 9.10. The predicted octanol–water partition coefficient (Wildman–Crippen LogP) is 1.83.